The SMILES string of the molecule is CC.CC(C)CC(NC(=O)CCCCCN)C(N)=O.CCC(C)C(C)NC(=O)CCc1nc2ccc(Cl)cc2s1.NC=O.NC=O. The van der Waals surface area contributed by atoms with E-state index >= 15 is 0 Å². The van der Waals surface area contributed by atoms with Crippen LogP contribution in [0.2, 0.25) is 5.02 Å². The lowest BCUT2D eigenvalue weighted by Gasteiger charge is -2.19. The number of carbonyl (C=O) groups is 5. The number of aryl methyl sites for hydroxylation is 1. The van der Waals surface area contributed by atoms with Gasteiger partial charge in [0.05, 0.1) is 15.2 Å². The van der Waals surface area contributed by atoms with E-state index < -0.39 is 11.9 Å². The van der Waals surface area contributed by atoms with Gasteiger partial charge in [0.25, 0.3) is 0 Å². The maximum absolute atomic E-state index is 12.0. The van der Waals surface area contributed by atoms with Crippen LogP contribution in [0.4, 0.5) is 0 Å². The van der Waals surface area contributed by atoms with Crippen molar-refractivity contribution in [1.82, 2.24) is 15.6 Å². The zero-order chi connectivity index (χ0) is 36.1. The molecule has 2 aromatic rings. The number of carbonyl (C=O) groups excluding carboxylic acids is 5. The van der Waals surface area contributed by atoms with E-state index in [0.29, 0.717) is 44.1 Å². The zero-order valence-corrected chi connectivity index (χ0v) is 30.2. The van der Waals surface area contributed by atoms with Crippen LogP contribution in [0.1, 0.15) is 98.4 Å². The Labute approximate surface area is 284 Å². The van der Waals surface area contributed by atoms with Crippen molar-refractivity contribution >= 4 is 63.7 Å². The van der Waals surface area contributed by atoms with Crippen LogP contribution >= 0.6 is 22.9 Å². The molecule has 0 saturated carbocycles. The zero-order valence-electron chi connectivity index (χ0n) is 28.6. The Morgan fingerprint density at radius 2 is 1.52 bits per heavy atom. The maximum atomic E-state index is 12.0. The minimum atomic E-state index is -0.544. The first-order valence-electron chi connectivity index (χ1n) is 15.7. The summed E-state index contributed by atoms with van der Waals surface area (Å²) in [5.41, 5.74) is 19.9. The molecule has 1 aromatic carbocycles. The van der Waals surface area contributed by atoms with Gasteiger partial charge < -0.3 is 33.6 Å². The van der Waals surface area contributed by atoms with Crippen LogP contribution in [-0.4, -0.2) is 54.2 Å². The highest BCUT2D eigenvalue weighted by Gasteiger charge is 2.19. The highest BCUT2D eigenvalue weighted by atomic mass is 35.5. The number of aromatic nitrogens is 1. The number of nitrogens with zero attached hydrogens (tertiary/aromatic N) is 1. The van der Waals surface area contributed by atoms with Crippen molar-refractivity contribution in [3.05, 3.63) is 28.2 Å². The third-order valence-electron chi connectivity index (χ3n) is 6.34. The van der Waals surface area contributed by atoms with Crippen molar-refractivity contribution < 1.29 is 24.0 Å². The number of unbranched alkanes of at least 4 members (excludes halogenated alkanes) is 2. The number of hydrogen-bond acceptors (Lipinski definition) is 8. The molecule has 0 aliphatic carbocycles. The molecule has 2 rings (SSSR count). The van der Waals surface area contributed by atoms with Gasteiger partial charge in [-0.2, -0.15) is 0 Å². The van der Waals surface area contributed by atoms with Gasteiger partial charge in [-0.1, -0.05) is 66.0 Å². The number of thiazole rings is 1. The van der Waals surface area contributed by atoms with Gasteiger partial charge in [-0.15, -0.1) is 11.3 Å². The number of nitrogens with one attached hydrogen (secondary N) is 2. The topological polar surface area (TPSA) is 226 Å². The van der Waals surface area contributed by atoms with Gasteiger partial charge in [-0.25, -0.2) is 4.98 Å². The van der Waals surface area contributed by atoms with Crippen molar-refractivity contribution in [3.63, 3.8) is 0 Å². The van der Waals surface area contributed by atoms with Gasteiger partial charge >= 0.3 is 0 Å². The molecule has 46 heavy (non-hydrogen) atoms. The van der Waals surface area contributed by atoms with Crippen LogP contribution in [0.3, 0.4) is 0 Å². The number of halogens is 1. The molecular formula is C32H58ClN7O5S. The minimum absolute atomic E-state index is 0.0973. The first-order valence-corrected chi connectivity index (χ1v) is 16.9. The lowest BCUT2D eigenvalue weighted by Crippen LogP contribution is -2.45. The Balaban J connectivity index is -0.000000665. The molecule has 10 N–H and O–H groups in total. The molecule has 0 fully saturated rings. The summed E-state index contributed by atoms with van der Waals surface area (Å²) < 4.78 is 1.07. The third-order valence-corrected chi connectivity index (χ3v) is 7.65. The summed E-state index contributed by atoms with van der Waals surface area (Å²) in [5, 5.41) is 7.45. The number of amides is 5. The third kappa shape index (κ3) is 25.0. The molecule has 14 heteroatoms. The molecule has 0 saturated heterocycles. The second-order valence-corrected chi connectivity index (χ2v) is 12.0. The van der Waals surface area contributed by atoms with E-state index in [0.717, 1.165) is 45.9 Å². The minimum Gasteiger partial charge on any atom is -0.372 e. The van der Waals surface area contributed by atoms with Crippen LogP contribution in [-0.2, 0) is 30.4 Å². The second-order valence-electron chi connectivity index (χ2n) is 10.5. The smallest absolute Gasteiger partial charge is 0.240 e. The van der Waals surface area contributed by atoms with Crippen LogP contribution in [0.25, 0.3) is 10.2 Å². The molecule has 1 heterocycles. The summed E-state index contributed by atoms with van der Waals surface area (Å²) in [4.78, 5) is 56.4. The van der Waals surface area contributed by atoms with Gasteiger partial charge in [-0.3, -0.25) is 24.0 Å². The van der Waals surface area contributed by atoms with Crippen molar-refractivity contribution in [3.8, 4) is 0 Å². The summed E-state index contributed by atoms with van der Waals surface area (Å²) in [7, 11) is 0. The Kier molecular flexibility index (Phi) is 31.1. The van der Waals surface area contributed by atoms with E-state index in [1.807, 2.05) is 45.9 Å². The maximum Gasteiger partial charge on any atom is 0.240 e. The Morgan fingerprint density at radius 3 is 2.02 bits per heavy atom. The molecule has 5 amide bonds. The molecule has 0 bridgehead atoms. The molecular weight excluding hydrogens is 630 g/mol. The van der Waals surface area contributed by atoms with Crippen LogP contribution in [0.15, 0.2) is 18.2 Å². The van der Waals surface area contributed by atoms with Gasteiger partial charge in [-0.05, 0) is 62.8 Å². The van der Waals surface area contributed by atoms with E-state index in [1.54, 1.807) is 11.3 Å². The Morgan fingerprint density at radius 1 is 0.957 bits per heavy atom. The molecule has 264 valence electrons. The summed E-state index contributed by atoms with van der Waals surface area (Å²) in [5.74, 6) is 0.351. The average Bonchev–Trinajstić information content (AvgIpc) is 3.41. The number of fused-ring (bicyclic) bond motifs is 1. The van der Waals surface area contributed by atoms with Gasteiger partial charge in [0.15, 0.2) is 0 Å². The average molecular weight is 688 g/mol. The Bertz CT molecular complexity index is 1110. The first kappa shape index (κ1) is 47.1. The molecule has 3 unspecified atom stereocenters. The van der Waals surface area contributed by atoms with Gasteiger partial charge in [0, 0.05) is 30.3 Å². The summed E-state index contributed by atoms with van der Waals surface area (Å²) in [6.07, 6.45) is 6.42. The predicted molar refractivity (Wildman–Crippen MR) is 190 cm³/mol. The van der Waals surface area contributed by atoms with E-state index in [1.165, 1.54) is 0 Å². The van der Waals surface area contributed by atoms with Crippen molar-refractivity contribution in [2.75, 3.05) is 6.54 Å². The molecule has 0 radical (unpaired) electrons. The number of primary amides is 3. The Hall–Kier alpha value is -3.29. The van der Waals surface area contributed by atoms with E-state index in [-0.39, 0.29) is 30.7 Å². The normalized spacial score (nSPS) is 11.7. The van der Waals surface area contributed by atoms with E-state index in [2.05, 4.69) is 47.9 Å². The highest BCUT2D eigenvalue weighted by Crippen LogP contribution is 2.26. The van der Waals surface area contributed by atoms with Crippen molar-refractivity contribution in [1.29, 1.82) is 0 Å². The second kappa shape index (κ2) is 30.4. The summed E-state index contributed by atoms with van der Waals surface area (Å²) in [6, 6.07) is 5.36. The van der Waals surface area contributed by atoms with Crippen molar-refractivity contribution in [2.45, 2.75) is 112 Å². The van der Waals surface area contributed by atoms with Gasteiger partial charge in [0.1, 0.15) is 6.04 Å². The molecule has 3 atom stereocenters. The van der Waals surface area contributed by atoms with Crippen molar-refractivity contribution in [2.24, 2.45) is 34.8 Å². The number of benzene rings is 1. The fourth-order valence-corrected chi connectivity index (χ4v) is 4.93. The summed E-state index contributed by atoms with van der Waals surface area (Å²) >= 11 is 7.58. The standard InChI is InChI=1S/C16H21ClN2OS.C12H25N3O2.C2H6.2CH3NO/c1-4-10(2)11(3)18-15(20)7-8-16-19-13-6-5-12(17)9-14(13)21-16;1-9(2)8-10(12(14)17)15-11(16)6-4-3-5-7-13;1-2;2*2-1-3/h5-6,9-11H,4,7-8H2,1-3H3,(H,18,20);9-10H,3-8,13H2,1-2H3,(H2,14,17)(H,15,16);1-2H3;2*1H,(H2,2,3). The molecule has 0 spiro atoms. The lowest BCUT2D eigenvalue weighted by molar-refractivity contribution is -0.127. The molecule has 0 aliphatic rings. The largest absolute Gasteiger partial charge is 0.372 e. The molecule has 12 nitrogen and oxygen atoms in total. The van der Waals surface area contributed by atoms with E-state index in [4.69, 9.17) is 32.7 Å². The number of rotatable bonds is 15. The monoisotopic (exact) mass is 687 g/mol. The van der Waals surface area contributed by atoms with Crippen LogP contribution in [0, 0.1) is 11.8 Å². The molecule has 0 aliphatic heterocycles. The number of hydrogen-bond donors (Lipinski definition) is 6. The first-order chi connectivity index (χ1) is 21.8. The molecule has 1 aromatic heterocycles. The quantitative estimate of drug-likeness (QED) is 0.118. The van der Waals surface area contributed by atoms with Crippen LogP contribution in [0.5, 0.6) is 0 Å². The number of nitrogens with two attached hydrogens (primary N) is 4. The highest BCUT2D eigenvalue weighted by molar-refractivity contribution is 7.18. The summed E-state index contributed by atoms with van der Waals surface area (Å²) in [6.45, 7) is 15.0. The fraction of sp³-hybridized carbons (Fsp3) is 0.625. The predicted octanol–water partition coefficient (Wildman–Crippen LogP) is 4.18. The van der Waals surface area contributed by atoms with Crippen LogP contribution < -0.4 is 33.6 Å². The van der Waals surface area contributed by atoms with Gasteiger partial charge in [0.2, 0.25) is 30.5 Å². The van der Waals surface area contributed by atoms with E-state index in [9.17, 15) is 14.4 Å². The lowest BCUT2D eigenvalue weighted by atomic mass is 10.0. The fourth-order valence-electron chi connectivity index (χ4n) is 3.69.